The summed E-state index contributed by atoms with van der Waals surface area (Å²) < 4.78 is 13.1. The third-order valence-corrected chi connectivity index (χ3v) is 5.84. The molecule has 0 bridgehead atoms. The minimum absolute atomic E-state index is 0.446. The first-order valence-electron chi connectivity index (χ1n) is 10.2. The maximum Gasteiger partial charge on any atom is 0.248 e. The number of carbonyl (C=O) groups excluding carboxylic acids is 1. The standard InChI is InChI=1S/C21H29N5O3S/c1-5-7-10-29-15-9-8-14(12-16(15)28-4)18-17(19(22)27)13(3)23-20-24-21(25-26(18)20)30-11-6-2/h8-9,12,18H,5-7,10-11H2,1-4H3,(H2,22,27)(H,23,24,25). The second-order valence-corrected chi connectivity index (χ2v) is 8.12. The number of rotatable bonds is 10. The van der Waals surface area contributed by atoms with Crippen molar-refractivity contribution >= 4 is 23.6 Å². The molecule has 0 saturated carbocycles. The fourth-order valence-corrected chi connectivity index (χ4v) is 4.00. The first-order valence-corrected chi connectivity index (χ1v) is 11.2. The van der Waals surface area contributed by atoms with Gasteiger partial charge in [0.25, 0.3) is 0 Å². The molecule has 162 valence electrons. The lowest BCUT2D eigenvalue weighted by Gasteiger charge is -2.28. The lowest BCUT2D eigenvalue weighted by molar-refractivity contribution is -0.115. The van der Waals surface area contributed by atoms with Gasteiger partial charge in [0.15, 0.2) is 11.5 Å². The summed E-state index contributed by atoms with van der Waals surface area (Å²) in [6, 6.07) is 5.15. The van der Waals surface area contributed by atoms with Crippen LogP contribution in [-0.2, 0) is 4.79 Å². The van der Waals surface area contributed by atoms with Crippen LogP contribution in [0.3, 0.4) is 0 Å². The minimum Gasteiger partial charge on any atom is -0.493 e. The van der Waals surface area contributed by atoms with Crippen LogP contribution in [0.2, 0.25) is 0 Å². The SMILES string of the molecule is CCCCOc1ccc(C2C(C(N)=O)=C(C)Nc3nc(SCCC)nn32)cc1OC. The monoisotopic (exact) mass is 431 g/mol. The Bertz CT molecular complexity index is 941. The van der Waals surface area contributed by atoms with Crippen LogP contribution in [-0.4, -0.2) is 40.1 Å². The molecule has 30 heavy (non-hydrogen) atoms. The number of hydrogen-bond donors (Lipinski definition) is 2. The lowest BCUT2D eigenvalue weighted by Crippen LogP contribution is -2.31. The molecule has 0 fully saturated rings. The zero-order chi connectivity index (χ0) is 21.7. The van der Waals surface area contributed by atoms with Gasteiger partial charge in [-0.05, 0) is 37.5 Å². The van der Waals surface area contributed by atoms with Gasteiger partial charge in [0.05, 0.1) is 19.3 Å². The van der Waals surface area contributed by atoms with Crippen LogP contribution >= 0.6 is 11.8 Å². The number of nitrogens with zero attached hydrogens (tertiary/aromatic N) is 3. The highest BCUT2D eigenvalue weighted by Gasteiger charge is 2.33. The Hall–Kier alpha value is -2.68. The average molecular weight is 432 g/mol. The Balaban J connectivity index is 2.03. The lowest BCUT2D eigenvalue weighted by atomic mass is 9.95. The van der Waals surface area contributed by atoms with Crippen molar-refractivity contribution in [3.63, 3.8) is 0 Å². The predicted octanol–water partition coefficient (Wildman–Crippen LogP) is 3.74. The summed E-state index contributed by atoms with van der Waals surface area (Å²) in [5, 5.41) is 8.47. The van der Waals surface area contributed by atoms with Crippen LogP contribution in [0.5, 0.6) is 11.5 Å². The van der Waals surface area contributed by atoms with E-state index in [1.54, 1.807) is 23.6 Å². The highest BCUT2D eigenvalue weighted by molar-refractivity contribution is 7.99. The van der Waals surface area contributed by atoms with Gasteiger partial charge in [0, 0.05) is 11.4 Å². The molecule has 1 aliphatic rings. The van der Waals surface area contributed by atoms with E-state index in [0.29, 0.717) is 40.5 Å². The third kappa shape index (κ3) is 4.56. The van der Waals surface area contributed by atoms with E-state index in [0.717, 1.165) is 30.6 Å². The molecule has 2 heterocycles. The summed E-state index contributed by atoms with van der Waals surface area (Å²) in [4.78, 5) is 16.9. The molecule has 0 radical (unpaired) electrons. The summed E-state index contributed by atoms with van der Waals surface area (Å²) in [6.07, 6.45) is 3.04. The Morgan fingerprint density at radius 1 is 1.30 bits per heavy atom. The second-order valence-electron chi connectivity index (χ2n) is 7.05. The summed E-state index contributed by atoms with van der Waals surface area (Å²) in [5.41, 5.74) is 7.69. The highest BCUT2D eigenvalue weighted by Crippen LogP contribution is 2.39. The molecule has 1 aromatic heterocycles. The molecule has 0 saturated heterocycles. The number of nitrogens with two attached hydrogens (primary N) is 1. The van der Waals surface area contributed by atoms with E-state index in [1.807, 2.05) is 25.1 Å². The minimum atomic E-state index is -0.504. The number of methoxy groups -OCH3 is 1. The zero-order valence-electron chi connectivity index (χ0n) is 17.9. The van der Waals surface area contributed by atoms with E-state index in [2.05, 4.69) is 29.2 Å². The number of thioether (sulfide) groups is 1. The number of fused-ring (bicyclic) bond motifs is 1. The van der Waals surface area contributed by atoms with Gasteiger partial charge in [-0.3, -0.25) is 4.79 Å². The molecule has 0 spiro atoms. The molecule has 8 nitrogen and oxygen atoms in total. The van der Waals surface area contributed by atoms with Gasteiger partial charge in [-0.2, -0.15) is 4.98 Å². The molecule has 3 rings (SSSR count). The van der Waals surface area contributed by atoms with Crippen LogP contribution in [0.4, 0.5) is 5.95 Å². The van der Waals surface area contributed by atoms with Gasteiger partial charge in [0.2, 0.25) is 17.0 Å². The molecule has 3 N–H and O–H groups in total. The van der Waals surface area contributed by atoms with Crippen molar-refractivity contribution in [3.8, 4) is 11.5 Å². The number of carbonyl (C=O) groups is 1. The van der Waals surface area contributed by atoms with Crippen molar-refractivity contribution in [2.45, 2.75) is 51.2 Å². The number of unbranched alkanes of at least 4 members (excludes halogenated alkanes) is 1. The zero-order valence-corrected chi connectivity index (χ0v) is 18.7. The van der Waals surface area contributed by atoms with E-state index in [9.17, 15) is 4.79 Å². The Labute approximate surface area is 181 Å². The Morgan fingerprint density at radius 3 is 2.77 bits per heavy atom. The van der Waals surface area contributed by atoms with Crippen molar-refractivity contribution in [2.75, 3.05) is 24.8 Å². The predicted molar refractivity (Wildman–Crippen MR) is 118 cm³/mol. The number of benzene rings is 1. The Kier molecular flexibility index (Phi) is 7.25. The van der Waals surface area contributed by atoms with E-state index in [4.69, 9.17) is 15.2 Å². The fraction of sp³-hybridized carbons (Fsp3) is 0.476. The quantitative estimate of drug-likeness (QED) is 0.436. The van der Waals surface area contributed by atoms with Crippen molar-refractivity contribution in [1.82, 2.24) is 14.8 Å². The number of aromatic nitrogens is 3. The normalized spacial score (nSPS) is 15.5. The van der Waals surface area contributed by atoms with Crippen molar-refractivity contribution in [1.29, 1.82) is 0 Å². The number of ether oxygens (including phenoxy) is 2. The number of allylic oxidation sites excluding steroid dienone is 1. The molecular formula is C21H29N5O3S. The van der Waals surface area contributed by atoms with Crippen LogP contribution in [0, 0.1) is 0 Å². The number of hydrogen-bond acceptors (Lipinski definition) is 7. The van der Waals surface area contributed by atoms with Gasteiger partial charge in [0.1, 0.15) is 6.04 Å². The number of amides is 1. The summed E-state index contributed by atoms with van der Waals surface area (Å²) in [5.74, 6) is 2.27. The molecule has 9 heteroatoms. The van der Waals surface area contributed by atoms with Gasteiger partial charge in [-0.15, -0.1) is 5.10 Å². The molecular weight excluding hydrogens is 402 g/mol. The van der Waals surface area contributed by atoms with Crippen molar-refractivity contribution in [2.24, 2.45) is 5.73 Å². The van der Waals surface area contributed by atoms with Crippen LogP contribution in [0.1, 0.15) is 51.6 Å². The van der Waals surface area contributed by atoms with Crippen molar-refractivity contribution in [3.05, 3.63) is 35.0 Å². The van der Waals surface area contributed by atoms with Gasteiger partial charge in [-0.1, -0.05) is 38.1 Å². The maximum absolute atomic E-state index is 12.3. The fourth-order valence-electron chi connectivity index (χ4n) is 3.31. The maximum atomic E-state index is 12.3. The largest absolute Gasteiger partial charge is 0.493 e. The van der Waals surface area contributed by atoms with Gasteiger partial charge in [-0.25, -0.2) is 4.68 Å². The van der Waals surface area contributed by atoms with E-state index < -0.39 is 11.9 Å². The van der Waals surface area contributed by atoms with E-state index >= 15 is 0 Å². The summed E-state index contributed by atoms with van der Waals surface area (Å²) >= 11 is 1.58. The molecule has 2 aromatic rings. The summed E-state index contributed by atoms with van der Waals surface area (Å²) in [7, 11) is 1.60. The summed E-state index contributed by atoms with van der Waals surface area (Å²) in [6.45, 7) is 6.67. The molecule has 0 aliphatic carbocycles. The first kappa shape index (κ1) is 22.0. The first-order chi connectivity index (χ1) is 14.5. The third-order valence-electron chi connectivity index (χ3n) is 4.79. The number of primary amides is 1. The van der Waals surface area contributed by atoms with Gasteiger partial charge < -0.3 is 20.5 Å². The number of anilines is 1. The second kappa shape index (κ2) is 9.88. The molecule has 1 aliphatic heterocycles. The Morgan fingerprint density at radius 2 is 2.10 bits per heavy atom. The van der Waals surface area contributed by atoms with E-state index in [1.165, 1.54) is 0 Å². The van der Waals surface area contributed by atoms with Crippen LogP contribution < -0.4 is 20.5 Å². The van der Waals surface area contributed by atoms with E-state index in [-0.39, 0.29) is 0 Å². The highest BCUT2D eigenvalue weighted by atomic mass is 32.2. The smallest absolute Gasteiger partial charge is 0.248 e. The number of nitrogens with one attached hydrogen (secondary N) is 1. The van der Waals surface area contributed by atoms with Crippen molar-refractivity contribution < 1.29 is 14.3 Å². The molecule has 1 unspecified atom stereocenters. The molecule has 1 aromatic carbocycles. The van der Waals surface area contributed by atoms with Crippen LogP contribution in [0.25, 0.3) is 0 Å². The van der Waals surface area contributed by atoms with Gasteiger partial charge >= 0.3 is 0 Å². The molecule has 1 atom stereocenters. The average Bonchev–Trinajstić information content (AvgIpc) is 3.13. The topological polar surface area (TPSA) is 104 Å². The molecule has 1 amide bonds. The van der Waals surface area contributed by atoms with Crippen LogP contribution in [0.15, 0.2) is 34.6 Å².